The maximum Gasteiger partial charge on any atom is 0.330 e. The summed E-state index contributed by atoms with van der Waals surface area (Å²) >= 11 is 1.73. The largest absolute Gasteiger partial charge is 0.461 e. The molecule has 0 bridgehead atoms. The number of hydrogen-bond acceptors (Lipinski definition) is 4. The van der Waals surface area contributed by atoms with Gasteiger partial charge < -0.3 is 10.1 Å². The number of anilines is 1. The number of amides is 2. The molecule has 1 saturated heterocycles. The van der Waals surface area contributed by atoms with E-state index in [0.717, 1.165) is 29.7 Å². The molecule has 28 heavy (non-hydrogen) atoms. The Bertz CT molecular complexity index is 695. The highest BCUT2D eigenvalue weighted by Crippen LogP contribution is 2.41. The summed E-state index contributed by atoms with van der Waals surface area (Å²) in [5, 5.41) is 3.13. The molecule has 1 N–H and O–H groups in total. The number of hydrogen-bond donors (Lipinski definition) is 1. The molecule has 6 heteroatoms. The van der Waals surface area contributed by atoms with Gasteiger partial charge in [0.2, 0.25) is 0 Å². The summed E-state index contributed by atoms with van der Waals surface area (Å²) in [6, 6.07) is 5.25. The van der Waals surface area contributed by atoms with Crippen LogP contribution >= 0.6 is 11.8 Å². The van der Waals surface area contributed by atoms with E-state index in [-0.39, 0.29) is 23.5 Å². The highest BCUT2D eigenvalue weighted by Gasteiger charge is 2.46. The average molecular weight is 405 g/mol. The summed E-state index contributed by atoms with van der Waals surface area (Å²) in [5.74, 6) is 0.754. The lowest BCUT2D eigenvalue weighted by Crippen LogP contribution is -2.50. The molecule has 0 unspecified atom stereocenters. The summed E-state index contributed by atoms with van der Waals surface area (Å²) < 4.78 is 5.47. The summed E-state index contributed by atoms with van der Waals surface area (Å²) in [4.78, 5) is 27.9. The van der Waals surface area contributed by atoms with Gasteiger partial charge in [-0.15, -0.1) is 11.8 Å². The second-order valence-corrected chi connectivity index (χ2v) is 9.38. The van der Waals surface area contributed by atoms with Crippen LogP contribution < -0.4 is 5.32 Å². The van der Waals surface area contributed by atoms with Crippen molar-refractivity contribution in [3.63, 3.8) is 0 Å². The van der Waals surface area contributed by atoms with Crippen LogP contribution in [0.4, 0.5) is 10.5 Å². The molecule has 2 amide bonds. The van der Waals surface area contributed by atoms with Crippen LogP contribution in [0.2, 0.25) is 0 Å². The van der Waals surface area contributed by atoms with Crippen molar-refractivity contribution < 1.29 is 14.3 Å². The Morgan fingerprint density at radius 3 is 2.39 bits per heavy atom. The minimum Gasteiger partial charge on any atom is -0.461 e. The van der Waals surface area contributed by atoms with Crippen LogP contribution in [-0.2, 0) is 9.53 Å². The van der Waals surface area contributed by atoms with E-state index in [9.17, 15) is 9.59 Å². The van der Waals surface area contributed by atoms with Crippen molar-refractivity contribution in [1.29, 1.82) is 0 Å². The molecular formula is C22H32N2O3S. The van der Waals surface area contributed by atoms with Crippen LogP contribution in [0.1, 0.15) is 57.1 Å². The number of benzene rings is 1. The van der Waals surface area contributed by atoms with E-state index in [1.807, 2.05) is 45.9 Å². The fraction of sp³-hybridized carbons (Fsp3) is 0.636. The monoisotopic (exact) mass is 404 g/mol. The number of ether oxygens (including phenoxy) is 1. The van der Waals surface area contributed by atoms with E-state index in [4.69, 9.17) is 4.74 Å². The van der Waals surface area contributed by atoms with Crippen molar-refractivity contribution in [1.82, 2.24) is 4.90 Å². The third-order valence-electron chi connectivity index (χ3n) is 5.66. The number of nitrogens with one attached hydrogen (secondary N) is 1. The fourth-order valence-electron chi connectivity index (χ4n) is 4.24. The Labute approximate surface area is 172 Å². The summed E-state index contributed by atoms with van der Waals surface area (Å²) in [7, 11) is 0. The van der Waals surface area contributed by atoms with E-state index < -0.39 is 6.04 Å². The van der Waals surface area contributed by atoms with Gasteiger partial charge in [0.05, 0.1) is 11.5 Å². The van der Waals surface area contributed by atoms with Crippen LogP contribution in [0, 0.1) is 19.8 Å². The minimum absolute atomic E-state index is 0.0364. The zero-order chi connectivity index (χ0) is 20.3. The molecule has 0 aromatic heterocycles. The van der Waals surface area contributed by atoms with Gasteiger partial charge in [-0.1, -0.05) is 37.5 Å². The number of rotatable bonds is 4. The molecule has 1 aromatic rings. The predicted molar refractivity (Wildman–Crippen MR) is 115 cm³/mol. The van der Waals surface area contributed by atoms with Crippen molar-refractivity contribution >= 4 is 29.4 Å². The van der Waals surface area contributed by atoms with Crippen LogP contribution in [-0.4, -0.2) is 40.2 Å². The molecule has 1 saturated carbocycles. The lowest BCUT2D eigenvalue weighted by molar-refractivity contribution is -0.151. The maximum absolute atomic E-state index is 13.4. The number of aryl methyl sites for hydroxylation is 2. The molecule has 1 aliphatic heterocycles. The molecule has 5 nitrogen and oxygen atoms in total. The summed E-state index contributed by atoms with van der Waals surface area (Å²) in [6.45, 7) is 7.67. The van der Waals surface area contributed by atoms with Gasteiger partial charge in [-0.25, -0.2) is 9.59 Å². The van der Waals surface area contributed by atoms with Gasteiger partial charge in [0.15, 0.2) is 0 Å². The van der Waals surface area contributed by atoms with Gasteiger partial charge >= 0.3 is 12.0 Å². The lowest BCUT2D eigenvalue weighted by atomic mass is 9.88. The van der Waals surface area contributed by atoms with Crippen molar-refractivity contribution in [3.05, 3.63) is 29.3 Å². The molecule has 154 valence electrons. The molecule has 1 aromatic carbocycles. The Morgan fingerprint density at radius 1 is 1.14 bits per heavy atom. The van der Waals surface area contributed by atoms with Crippen LogP contribution in [0.15, 0.2) is 18.2 Å². The molecule has 0 radical (unpaired) electrons. The molecule has 0 spiro atoms. The number of carbonyl (C=O) groups is 2. The third kappa shape index (κ3) is 4.65. The van der Waals surface area contributed by atoms with E-state index in [0.29, 0.717) is 11.7 Å². The van der Waals surface area contributed by atoms with Crippen molar-refractivity contribution in [2.24, 2.45) is 5.92 Å². The number of nitrogens with zero attached hydrogens (tertiary/aromatic N) is 1. The smallest absolute Gasteiger partial charge is 0.330 e. The standard InChI is InChI=1S/C22H32N2O3S/c1-14(2)27-21(25)18-13-28-20(17-11-6-5-7-12-17)24(18)22(26)23-19-15(3)9-8-10-16(19)4/h8-10,14,17-18,20H,5-7,11-13H2,1-4H3,(H,23,26)/t18-,20+/m1/s1. The zero-order valence-corrected chi connectivity index (χ0v) is 18.2. The molecule has 2 atom stereocenters. The van der Waals surface area contributed by atoms with Crippen molar-refractivity contribution in [3.8, 4) is 0 Å². The first-order chi connectivity index (χ1) is 13.4. The molecule has 1 heterocycles. The second kappa shape index (κ2) is 9.21. The molecule has 2 aliphatic rings. The fourth-order valence-corrected chi connectivity index (χ4v) is 5.87. The number of thioether (sulfide) groups is 1. The topological polar surface area (TPSA) is 58.6 Å². The van der Waals surface area contributed by atoms with E-state index >= 15 is 0 Å². The number of urea groups is 1. The number of para-hydroxylation sites is 1. The van der Waals surface area contributed by atoms with Crippen LogP contribution in [0.3, 0.4) is 0 Å². The summed E-state index contributed by atoms with van der Waals surface area (Å²) in [5.41, 5.74) is 2.88. The molecular weight excluding hydrogens is 372 g/mol. The highest BCUT2D eigenvalue weighted by molar-refractivity contribution is 8.00. The quantitative estimate of drug-likeness (QED) is 0.709. The van der Waals surface area contributed by atoms with E-state index in [1.165, 1.54) is 19.3 Å². The van der Waals surface area contributed by atoms with Crippen molar-refractivity contribution in [2.75, 3.05) is 11.1 Å². The molecule has 1 aliphatic carbocycles. The predicted octanol–water partition coefficient (Wildman–Crippen LogP) is 5.11. The Kier molecular flexibility index (Phi) is 6.91. The SMILES string of the molecule is Cc1cccc(C)c1NC(=O)N1[C@@H](C(=O)OC(C)C)CS[C@H]1C1CCCCC1. The highest BCUT2D eigenvalue weighted by atomic mass is 32.2. The average Bonchev–Trinajstić information content (AvgIpc) is 3.10. The van der Waals surface area contributed by atoms with E-state index in [1.54, 1.807) is 16.7 Å². The Hall–Kier alpha value is -1.69. The van der Waals surface area contributed by atoms with Gasteiger partial charge in [-0.2, -0.15) is 0 Å². The van der Waals surface area contributed by atoms with Gasteiger partial charge in [-0.05, 0) is 57.6 Å². The number of esters is 1. The Morgan fingerprint density at radius 2 is 1.79 bits per heavy atom. The second-order valence-electron chi connectivity index (χ2n) is 8.23. The van der Waals surface area contributed by atoms with Crippen LogP contribution in [0.25, 0.3) is 0 Å². The van der Waals surface area contributed by atoms with Gasteiger partial charge in [0, 0.05) is 11.4 Å². The van der Waals surface area contributed by atoms with Gasteiger partial charge in [-0.3, -0.25) is 4.90 Å². The molecule has 3 rings (SSSR count). The zero-order valence-electron chi connectivity index (χ0n) is 17.4. The number of carbonyl (C=O) groups excluding carboxylic acids is 2. The third-order valence-corrected chi connectivity index (χ3v) is 7.12. The first-order valence-electron chi connectivity index (χ1n) is 10.4. The summed E-state index contributed by atoms with van der Waals surface area (Å²) in [6.07, 6.45) is 5.73. The lowest BCUT2D eigenvalue weighted by Gasteiger charge is -2.35. The molecule has 2 fully saturated rings. The first-order valence-corrected chi connectivity index (χ1v) is 11.4. The normalized spacial score (nSPS) is 23.1. The van der Waals surface area contributed by atoms with Gasteiger partial charge in [0.1, 0.15) is 6.04 Å². The maximum atomic E-state index is 13.4. The van der Waals surface area contributed by atoms with Crippen molar-refractivity contribution in [2.45, 2.75) is 77.3 Å². The Balaban J connectivity index is 1.84. The van der Waals surface area contributed by atoms with E-state index in [2.05, 4.69) is 5.32 Å². The van der Waals surface area contributed by atoms with Crippen LogP contribution in [0.5, 0.6) is 0 Å². The minimum atomic E-state index is -0.524. The van der Waals surface area contributed by atoms with Gasteiger partial charge in [0.25, 0.3) is 0 Å². The first kappa shape index (κ1) is 21.0.